The number of hydrogen-bond donors (Lipinski definition) is 1. The second kappa shape index (κ2) is 6.60. The number of amides is 1. The van der Waals surface area contributed by atoms with Crippen molar-refractivity contribution in [3.63, 3.8) is 0 Å². The molecule has 0 atom stereocenters. The maximum atomic E-state index is 12.7. The van der Waals surface area contributed by atoms with Crippen LogP contribution in [0.25, 0.3) is 0 Å². The van der Waals surface area contributed by atoms with Crippen LogP contribution >= 0.6 is 0 Å². The Morgan fingerprint density at radius 2 is 1.80 bits per heavy atom. The minimum absolute atomic E-state index is 0.0628. The number of halogens is 3. The molecule has 1 saturated heterocycles. The summed E-state index contributed by atoms with van der Waals surface area (Å²) in [5.41, 5.74) is 1.33. The number of anilines is 1. The van der Waals surface area contributed by atoms with Crippen molar-refractivity contribution in [1.29, 1.82) is 0 Å². The lowest BCUT2D eigenvalue weighted by atomic mass is 9.98. The van der Waals surface area contributed by atoms with Gasteiger partial charge in [0.2, 0.25) is 15.9 Å². The predicted octanol–water partition coefficient (Wildman–Crippen LogP) is 2.92. The average Bonchev–Trinajstić information content (AvgIpc) is 2.74. The third-order valence-electron chi connectivity index (χ3n) is 4.76. The Kier molecular flexibility index (Phi) is 4.80. The number of benzene rings is 1. The number of alkyl halides is 3. The number of nitrogens with one attached hydrogen (secondary N) is 1. The van der Waals surface area contributed by atoms with Crippen LogP contribution in [0.15, 0.2) is 23.1 Å². The molecule has 1 aromatic carbocycles. The fourth-order valence-corrected chi connectivity index (χ4v) is 4.80. The van der Waals surface area contributed by atoms with Crippen LogP contribution in [0.5, 0.6) is 0 Å². The fourth-order valence-electron chi connectivity index (χ4n) is 3.28. The van der Waals surface area contributed by atoms with E-state index in [2.05, 4.69) is 5.32 Å². The van der Waals surface area contributed by atoms with Gasteiger partial charge in [-0.3, -0.25) is 4.79 Å². The first-order chi connectivity index (χ1) is 11.7. The molecule has 0 aliphatic carbocycles. The van der Waals surface area contributed by atoms with Crippen molar-refractivity contribution in [2.24, 2.45) is 5.92 Å². The molecule has 0 aromatic heterocycles. The molecular weight excluding hydrogens is 357 g/mol. The van der Waals surface area contributed by atoms with E-state index in [1.54, 1.807) is 6.07 Å². The highest BCUT2D eigenvalue weighted by atomic mass is 32.2. The third-order valence-corrected chi connectivity index (χ3v) is 6.65. The molecule has 2 heterocycles. The van der Waals surface area contributed by atoms with E-state index in [0.717, 1.165) is 9.87 Å². The molecule has 0 unspecified atom stereocenters. The molecule has 1 fully saturated rings. The summed E-state index contributed by atoms with van der Waals surface area (Å²) in [5.74, 6) is -1.55. The SMILES string of the molecule is O=C1CCCc2cc(S(=O)(=O)N3CCC(C(F)(F)F)CC3)ccc2N1. The largest absolute Gasteiger partial charge is 0.391 e. The van der Waals surface area contributed by atoms with E-state index in [4.69, 9.17) is 0 Å². The van der Waals surface area contributed by atoms with Crippen molar-refractivity contribution in [3.05, 3.63) is 23.8 Å². The van der Waals surface area contributed by atoms with E-state index >= 15 is 0 Å². The molecule has 0 saturated carbocycles. The average molecular weight is 376 g/mol. The Balaban J connectivity index is 1.79. The fraction of sp³-hybridized carbons (Fsp3) is 0.562. The van der Waals surface area contributed by atoms with Crippen molar-refractivity contribution < 1.29 is 26.4 Å². The monoisotopic (exact) mass is 376 g/mol. The van der Waals surface area contributed by atoms with Crippen molar-refractivity contribution in [2.75, 3.05) is 18.4 Å². The maximum Gasteiger partial charge on any atom is 0.391 e. The smallest absolute Gasteiger partial charge is 0.326 e. The van der Waals surface area contributed by atoms with E-state index in [0.29, 0.717) is 24.9 Å². The van der Waals surface area contributed by atoms with Crippen molar-refractivity contribution in [1.82, 2.24) is 4.31 Å². The van der Waals surface area contributed by atoms with Crippen LogP contribution in [0.1, 0.15) is 31.2 Å². The zero-order valence-electron chi connectivity index (χ0n) is 13.5. The lowest BCUT2D eigenvalue weighted by Gasteiger charge is -2.32. The Morgan fingerprint density at radius 1 is 1.12 bits per heavy atom. The number of aryl methyl sites for hydroxylation is 1. The molecule has 1 N–H and O–H groups in total. The van der Waals surface area contributed by atoms with Gasteiger partial charge in [0.1, 0.15) is 0 Å². The molecule has 9 heteroatoms. The summed E-state index contributed by atoms with van der Waals surface area (Å²) >= 11 is 0. The highest BCUT2D eigenvalue weighted by Gasteiger charge is 2.43. The van der Waals surface area contributed by atoms with Gasteiger partial charge in [-0.05, 0) is 49.4 Å². The van der Waals surface area contributed by atoms with Crippen molar-refractivity contribution in [2.45, 2.75) is 43.2 Å². The molecule has 25 heavy (non-hydrogen) atoms. The minimum Gasteiger partial charge on any atom is -0.326 e. The summed E-state index contributed by atoms with van der Waals surface area (Å²) < 4.78 is 64.8. The Labute approximate surface area is 144 Å². The van der Waals surface area contributed by atoms with Crippen molar-refractivity contribution in [3.8, 4) is 0 Å². The van der Waals surface area contributed by atoms with Gasteiger partial charge >= 0.3 is 6.18 Å². The normalized spacial score (nSPS) is 20.7. The van der Waals surface area contributed by atoms with Crippen LogP contribution in [0.3, 0.4) is 0 Å². The predicted molar refractivity (Wildman–Crippen MR) is 85.5 cm³/mol. The number of hydrogen-bond acceptors (Lipinski definition) is 3. The van der Waals surface area contributed by atoms with Gasteiger partial charge in [-0.2, -0.15) is 17.5 Å². The van der Waals surface area contributed by atoms with Gasteiger partial charge in [0.15, 0.2) is 0 Å². The quantitative estimate of drug-likeness (QED) is 0.863. The van der Waals surface area contributed by atoms with Gasteiger partial charge in [0.05, 0.1) is 10.8 Å². The first-order valence-corrected chi connectivity index (χ1v) is 9.61. The summed E-state index contributed by atoms with van der Waals surface area (Å²) in [7, 11) is -3.84. The second-order valence-corrected chi connectivity index (χ2v) is 8.38. The zero-order chi connectivity index (χ0) is 18.2. The van der Waals surface area contributed by atoms with E-state index < -0.39 is 22.1 Å². The Hall–Kier alpha value is -1.61. The minimum atomic E-state index is -4.28. The standard InChI is InChI=1S/C16H19F3N2O3S/c17-16(18,19)12-6-8-21(9-7-12)25(23,24)13-4-5-14-11(10-13)2-1-3-15(22)20-14/h4-5,10,12H,1-3,6-9H2,(H,20,22). The van der Waals surface area contributed by atoms with Crippen LogP contribution in [-0.2, 0) is 21.2 Å². The number of rotatable bonds is 2. The molecule has 3 rings (SSSR count). The molecule has 2 aliphatic rings. The van der Waals surface area contributed by atoms with E-state index in [1.807, 2.05) is 0 Å². The second-order valence-electron chi connectivity index (χ2n) is 6.44. The molecule has 2 aliphatic heterocycles. The van der Waals surface area contributed by atoms with E-state index in [9.17, 15) is 26.4 Å². The zero-order valence-corrected chi connectivity index (χ0v) is 14.3. The van der Waals surface area contributed by atoms with Crippen molar-refractivity contribution >= 4 is 21.6 Å². The van der Waals surface area contributed by atoms with E-state index in [1.165, 1.54) is 12.1 Å². The Bertz CT molecular complexity index is 769. The van der Waals surface area contributed by atoms with Crippen LogP contribution in [0.2, 0.25) is 0 Å². The molecule has 0 radical (unpaired) electrons. The number of piperidine rings is 1. The number of sulfonamides is 1. The van der Waals surface area contributed by atoms with Gasteiger partial charge in [0, 0.05) is 25.2 Å². The summed E-state index contributed by atoms with van der Waals surface area (Å²) in [6.45, 7) is -0.277. The molecule has 0 spiro atoms. The number of fused-ring (bicyclic) bond motifs is 1. The molecular formula is C16H19F3N2O3S. The van der Waals surface area contributed by atoms with Gasteiger partial charge < -0.3 is 5.32 Å². The highest BCUT2D eigenvalue weighted by molar-refractivity contribution is 7.89. The molecule has 0 bridgehead atoms. The summed E-state index contributed by atoms with van der Waals surface area (Å²) in [6, 6.07) is 4.47. The summed E-state index contributed by atoms with van der Waals surface area (Å²) in [6.07, 6.45) is -3.14. The van der Waals surface area contributed by atoms with Crippen LogP contribution in [0, 0.1) is 5.92 Å². The summed E-state index contributed by atoms with van der Waals surface area (Å²) in [4.78, 5) is 11.6. The maximum absolute atomic E-state index is 12.7. The third kappa shape index (κ3) is 3.82. The lowest BCUT2D eigenvalue weighted by Crippen LogP contribution is -2.42. The lowest BCUT2D eigenvalue weighted by molar-refractivity contribution is -0.182. The number of carbonyl (C=O) groups is 1. The van der Waals surface area contributed by atoms with Gasteiger partial charge in [-0.1, -0.05) is 0 Å². The van der Waals surface area contributed by atoms with E-state index in [-0.39, 0.29) is 36.7 Å². The number of nitrogens with zero attached hydrogens (tertiary/aromatic N) is 1. The highest BCUT2D eigenvalue weighted by Crippen LogP contribution is 2.36. The van der Waals surface area contributed by atoms with Crippen LogP contribution in [0.4, 0.5) is 18.9 Å². The van der Waals surface area contributed by atoms with Crippen LogP contribution in [-0.4, -0.2) is 37.9 Å². The topological polar surface area (TPSA) is 66.5 Å². The molecule has 5 nitrogen and oxygen atoms in total. The Morgan fingerprint density at radius 3 is 2.44 bits per heavy atom. The molecule has 138 valence electrons. The first-order valence-electron chi connectivity index (χ1n) is 8.17. The van der Waals surface area contributed by atoms with Gasteiger partial charge in [-0.15, -0.1) is 0 Å². The number of carbonyl (C=O) groups excluding carboxylic acids is 1. The van der Waals surface area contributed by atoms with Crippen LogP contribution < -0.4 is 5.32 Å². The van der Waals surface area contributed by atoms with Gasteiger partial charge in [0.25, 0.3) is 0 Å². The molecule has 1 amide bonds. The summed E-state index contributed by atoms with van der Waals surface area (Å²) in [5, 5.41) is 2.73. The first kappa shape index (κ1) is 18.2. The molecule has 1 aromatic rings. The van der Waals surface area contributed by atoms with Gasteiger partial charge in [-0.25, -0.2) is 8.42 Å².